The molecule has 0 saturated carbocycles. The molecule has 0 aliphatic heterocycles. The normalized spacial score (nSPS) is 10.7. The fraction of sp³-hybridized carbons (Fsp3) is 0.0769. The van der Waals surface area contributed by atoms with E-state index in [9.17, 15) is 9.59 Å². The van der Waals surface area contributed by atoms with Crippen molar-refractivity contribution in [3.63, 3.8) is 0 Å². The number of rotatable bonds is 2. The predicted octanol–water partition coefficient (Wildman–Crippen LogP) is 0.528. The van der Waals surface area contributed by atoms with Gasteiger partial charge in [0, 0.05) is 18.6 Å². The van der Waals surface area contributed by atoms with Crippen LogP contribution in [0.15, 0.2) is 52.4 Å². The van der Waals surface area contributed by atoms with Gasteiger partial charge in [0.1, 0.15) is 0 Å². The average molecular weight is 254 g/mol. The highest BCUT2D eigenvalue weighted by Gasteiger charge is 2.08. The molecule has 0 aliphatic carbocycles. The molecule has 0 bridgehead atoms. The quantitative estimate of drug-likeness (QED) is 0.723. The molecule has 0 saturated heterocycles. The number of H-pyrrole nitrogens is 1. The SMILES string of the molecule is O=c1[nH]c2cccnc2c(=O)n1Cc1cccnc1. The third-order valence-electron chi connectivity index (χ3n) is 2.81. The Labute approximate surface area is 107 Å². The van der Waals surface area contributed by atoms with Crippen LogP contribution < -0.4 is 11.2 Å². The molecule has 19 heavy (non-hydrogen) atoms. The Morgan fingerprint density at radius 3 is 2.79 bits per heavy atom. The minimum atomic E-state index is -0.450. The van der Waals surface area contributed by atoms with Gasteiger partial charge in [0.25, 0.3) is 5.56 Å². The molecule has 0 unspecified atom stereocenters. The molecule has 0 amide bonds. The summed E-state index contributed by atoms with van der Waals surface area (Å²) in [7, 11) is 0. The second-order valence-electron chi connectivity index (χ2n) is 4.08. The molecule has 0 radical (unpaired) electrons. The van der Waals surface area contributed by atoms with Gasteiger partial charge in [-0.25, -0.2) is 9.78 Å². The standard InChI is InChI=1S/C13H10N4O2/c18-12-11-10(4-2-6-15-11)16-13(19)17(12)8-9-3-1-5-14-7-9/h1-7H,8H2,(H,16,19). The van der Waals surface area contributed by atoms with Gasteiger partial charge >= 0.3 is 5.69 Å². The fourth-order valence-corrected chi connectivity index (χ4v) is 1.90. The first kappa shape index (κ1) is 11.3. The number of hydrogen-bond acceptors (Lipinski definition) is 4. The number of nitrogens with one attached hydrogen (secondary N) is 1. The van der Waals surface area contributed by atoms with E-state index in [1.165, 1.54) is 6.20 Å². The van der Waals surface area contributed by atoms with Gasteiger partial charge in [-0.1, -0.05) is 6.07 Å². The van der Waals surface area contributed by atoms with Crippen molar-refractivity contribution in [1.82, 2.24) is 19.5 Å². The minimum Gasteiger partial charge on any atom is -0.305 e. The monoisotopic (exact) mass is 254 g/mol. The number of nitrogens with zero attached hydrogens (tertiary/aromatic N) is 3. The molecule has 3 heterocycles. The molecule has 1 N–H and O–H groups in total. The van der Waals surface area contributed by atoms with Crippen molar-refractivity contribution in [3.05, 3.63) is 69.3 Å². The van der Waals surface area contributed by atoms with Crippen LogP contribution >= 0.6 is 0 Å². The van der Waals surface area contributed by atoms with Crippen molar-refractivity contribution < 1.29 is 0 Å². The van der Waals surface area contributed by atoms with Gasteiger partial charge in [0.05, 0.1) is 12.1 Å². The van der Waals surface area contributed by atoms with Gasteiger partial charge in [-0.05, 0) is 23.8 Å². The second kappa shape index (κ2) is 4.49. The van der Waals surface area contributed by atoms with E-state index in [4.69, 9.17) is 0 Å². The summed E-state index contributed by atoms with van der Waals surface area (Å²) in [4.78, 5) is 34.7. The maximum absolute atomic E-state index is 12.2. The summed E-state index contributed by atoms with van der Waals surface area (Å²) in [5, 5.41) is 0. The number of aromatic amines is 1. The van der Waals surface area contributed by atoms with Crippen molar-refractivity contribution in [2.45, 2.75) is 6.54 Å². The Bertz CT molecular complexity index is 836. The molecule has 3 aromatic heterocycles. The van der Waals surface area contributed by atoms with Crippen LogP contribution in [0.2, 0.25) is 0 Å². The molecule has 0 atom stereocenters. The first-order valence-corrected chi connectivity index (χ1v) is 5.72. The molecule has 0 aromatic carbocycles. The molecular formula is C13H10N4O2. The van der Waals surface area contributed by atoms with E-state index in [0.29, 0.717) is 5.52 Å². The summed E-state index contributed by atoms with van der Waals surface area (Å²) in [5.74, 6) is 0. The lowest BCUT2D eigenvalue weighted by Gasteiger charge is -2.05. The van der Waals surface area contributed by atoms with Crippen molar-refractivity contribution in [1.29, 1.82) is 0 Å². The summed E-state index contributed by atoms with van der Waals surface area (Å²) in [6.45, 7) is 0.175. The molecule has 0 aliphatic rings. The molecule has 94 valence electrons. The highest BCUT2D eigenvalue weighted by atomic mass is 16.2. The van der Waals surface area contributed by atoms with Crippen LogP contribution in [0.25, 0.3) is 11.0 Å². The van der Waals surface area contributed by atoms with E-state index in [1.54, 1.807) is 30.6 Å². The Morgan fingerprint density at radius 2 is 2.00 bits per heavy atom. The van der Waals surface area contributed by atoms with Gasteiger partial charge in [0.15, 0.2) is 5.52 Å². The maximum Gasteiger partial charge on any atom is 0.329 e. The van der Waals surface area contributed by atoms with Crippen LogP contribution in [-0.2, 0) is 6.54 Å². The summed E-state index contributed by atoms with van der Waals surface area (Å²) < 4.78 is 1.12. The average Bonchev–Trinajstić information content (AvgIpc) is 2.45. The van der Waals surface area contributed by atoms with Crippen LogP contribution in [0.5, 0.6) is 0 Å². The van der Waals surface area contributed by atoms with Gasteiger partial charge in [-0.15, -0.1) is 0 Å². The predicted molar refractivity (Wildman–Crippen MR) is 70.0 cm³/mol. The number of aromatic nitrogens is 4. The van der Waals surface area contributed by atoms with Crippen molar-refractivity contribution in [2.24, 2.45) is 0 Å². The summed E-state index contributed by atoms with van der Waals surface area (Å²) >= 11 is 0. The minimum absolute atomic E-state index is 0.175. The number of pyridine rings is 2. The Hall–Kier alpha value is -2.76. The van der Waals surface area contributed by atoms with Gasteiger partial charge in [-0.2, -0.15) is 0 Å². The third kappa shape index (κ3) is 2.03. The molecule has 6 heteroatoms. The maximum atomic E-state index is 12.2. The van der Waals surface area contributed by atoms with E-state index in [-0.39, 0.29) is 12.1 Å². The topological polar surface area (TPSA) is 80.6 Å². The zero-order valence-electron chi connectivity index (χ0n) is 9.91. The first-order chi connectivity index (χ1) is 9.25. The fourth-order valence-electron chi connectivity index (χ4n) is 1.90. The van der Waals surface area contributed by atoms with E-state index in [0.717, 1.165) is 10.1 Å². The molecular weight excluding hydrogens is 244 g/mol. The molecule has 0 fully saturated rings. The van der Waals surface area contributed by atoms with Gasteiger partial charge in [-0.3, -0.25) is 14.3 Å². The molecule has 6 nitrogen and oxygen atoms in total. The third-order valence-corrected chi connectivity index (χ3v) is 2.81. The number of hydrogen-bond donors (Lipinski definition) is 1. The van der Waals surface area contributed by atoms with E-state index >= 15 is 0 Å². The Morgan fingerprint density at radius 1 is 1.16 bits per heavy atom. The summed E-state index contributed by atoms with van der Waals surface area (Å²) in [6, 6.07) is 6.89. The second-order valence-corrected chi connectivity index (χ2v) is 4.08. The molecule has 3 aromatic rings. The molecule has 3 rings (SSSR count). The lowest BCUT2D eigenvalue weighted by molar-refractivity contribution is 0.707. The lowest BCUT2D eigenvalue weighted by atomic mass is 10.3. The van der Waals surface area contributed by atoms with Gasteiger partial charge in [0.2, 0.25) is 0 Å². The smallest absolute Gasteiger partial charge is 0.305 e. The van der Waals surface area contributed by atoms with Crippen LogP contribution in [0.1, 0.15) is 5.56 Å². The van der Waals surface area contributed by atoms with E-state index in [1.807, 2.05) is 6.07 Å². The summed E-state index contributed by atoms with van der Waals surface area (Å²) in [5.41, 5.74) is 0.633. The van der Waals surface area contributed by atoms with E-state index in [2.05, 4.69) is 15.0 Å². The zero-order chi connectivity index (χ0) is 13.2. The van der Waals surface area contributed by atoms with Crippen LogP contribution in [0.3, 0.4) is 0 Å². The highest BCUT2D eigenvalue weighted by Crippen LogP contribution is 2.01. The Balaban J connectivity index is 2.19. The van der Waals surface area contributed by atoms with Crippen molar-refractivity contribution in [3.8, 4) is 0 Å². The van der Waals surface area contributed by atoms with Crippen LogP contribution in [0, 0.1) is 0 Å². The molecule has 0 spiro atoms. The van der Waals surface area contributed by atoms with Crippen molar-refractivity contribution in [2.75, 3.05) is 0 Å². The van der Waals surface area contributed by atoms with Crippen LogP contribution in [-0.4, -0.2) is 19.5 Å². The Kier molecular flexibility index (Phi) is 2.68. The van der Waals surface area contributed by atoms with Gasteiger partial charge < -0.3 is 4.98 Å². The lowest BCUT2D eigenvalue weighted by Crippen LogP contribution is -2.35. The van der Waals surface area contributed by atoms with Crippen LogP contribution in [0.4, 0.5) is 0 Å². The largest absolute Gasteiger partial charge is 0.329 e. The summed E-state index contributed by atoms with van der Waals surface area (Å²) in [6.07, 6.45) is 4.78. The van der Waals surface area contributed by atoms with E-state index < -0.39 is 11.2 Å². The van der Waals surface area contributed by atoms with Crippen molar-refractivity contribution >= 4 is 11.0 Å². The first-order valence-electron chi connectivity index (χ1n) is 5.72. The highest BCUT2D eigenvalue weighted by molar-refractivity contribution is 5.71. The number of fused-ring (bicyclic) bond motifs is 1. The zero-order valence-corrected chi connectivity index (χ0v) is 9.91.